The molecule has 0 spiro atoms. The van der Waals surface area contributed by atoms with E-state index in [2.05, 4.69) is 10.3 Å². The number of nitrogens with zero attached hydrogens (tertiary/aromatic N) is 2. The summed E-state index contributed by atoms with van der Waals surface area (Å²) in [7, 11) is -4.03. The van der Waals surface area contributed by atoms with Gasteiger partial charge in [-0.25, -0.2) is 16.8 Å². The lowest BCUT2D eigenvalue weighted by molar-refractivity contribution is 0.561. The molecule has 2 aromatic heterocycles. The predicted octanol–water partition coefficient (Wildman–Crippen LogP) is 2.71. The third-order valence-electron chi connectivity index (χ3n) is 4.60. The molecule has 25 heavy (non-hydrogen) atoms. The summed E-state index contributed by atoms with van der Waals surface area (Å²) in [4.78, 5) is 4.03. The number of pyridine rings is 1. The zero-order chi connectivity index (χ0) is 17.4. The van der Waals surface area contributed by atoms with Crippen LogP contribution in [-0.2, 0) is 16.4 Å². The molecule has 0 bridgehead atoms. The van der Waals surface area contributed by atoms with Gasteiger partial charge in [0.25, 0.3) is 10.0 Å². The van der Waals surface area contributed by atoms with Gasteiger partial charge in [0, 0.05) is 18.4 Å². The lowest BCUT2D eigenvalue weighted by Gasteiger charge is -2.08. The molecule has 0 radical (unpaired) electrons. The van der Waals surface area contributed by atoms with E-state index >= 15 is 0 Å². The largest absolute Gasteiger partial charge is 0.314 e. The standard InChI is InChI=1S/C18H18FN3O2S/c19-15-6-1-2-8-17(15)25(23,24)22-12-13(11-14-5-3-9-20-14)18-16(22)7-4-10-21-18/h1-2,4,6-8,10,12,14,20H,3,5,9,11H2/t14-/m1/s1. The molecule has 1 saturated heterocycles. The summed E-state index contributed by atoms with van der Waals surface area (Å²) in [6.07, 6.45) is 6.10. The highest BCUT2D eigenvalue weighted by atomic mass is 32.2. The van der Waals surface area contributed by atoms with Crippen LogP contribution in [0.4, 0.5) is 4.39 Å². The fourth-order valence-electron chi connectivity index (χ4n) is 3.40. The Labute approximate surface area is 145 Å². The molecule has 5 nitrogen and oxygen atoms in total. The number of hydrogen-bond acceptors (Lipinski definition) is 4. The molecule has 7 heteroatoms. The van der Waals surface area contributed by atoms with Gasteiger partial charge in [-0.05, 0) is 55.6 Å². The van der Waals surface area contributed by atoms with Crippen LogP contribution in [-0.4, -0.2) is 30.0 Å². The molecule has 1 aliphatic rings. The molecule has 1 aliphatic heterocycles. The lowest BCUT2D eigenvalue weighted by atomic mass is 10.1. The average Bonchev–Trinajstić information content (AvgIpc) is 3.24. The Morgan fingerprint density at radius 3 is 2.84 bits per heavy atom. The van der Waals surface area contributed by atoms with Crippen LogP contribution >= 0.6 is 0 Å². The molecular weight excluding hydrogens is 341 g/mol. The van der Waals surface area contributed by atoms with Crippen molar-refractivity contribution in [2.75, 3.05) is 6.54 Å². The maximum Gasteiger partial charge on any atom is 0.271 e. The van der Waals surface area contributed by atoms with Crippen LogP contribution in [0.2, 0.25) is 0 Å². The molecule has 1 fully saturated rings. The van der Waals surface area contributed by atoms with Crippen molar-refractivity contribution < 1.29 is 12.8 Å². The van der Waals surface area contributed by atoms with Crippen LogP contribution in [0.1, 0.15) is 18.4 Å². The number of halogens is 1. The fraction of sp³-hybridized carbons (Fsp3) is 0.278. The maximum absolute atomic E-state index is 14.1. The van der Waals surface area contributed by atoms with Gasteiger partial charge in [-0.2, -0.15) is 0 Å². The molecule has 1 atom stereocenters. The van der Waals surface area contributed by atoms with Gasteiger partial charge in [-0.3, -0.25) is 4.98 Å². The normalized spacial score (nSPS) is 18.0. The number of fused-ring (bicyclic) bond motifs is 1. The molecule has 0 amide bonds. The van der Waals surface area contributed by atoms with E-state index in [9.17, 15) is 12.8 Å². The molecule has 3 aromatic rings. The Bertz CT molecular complexity index is 1020. The van der Waals surface area contributed by atoms with Gasteiger partial charge >= 0.3 is 0 Å². The van der Waals surface area contributed by atoms with Crippen molar-refractivity contribution >= 4 is 21.1 Å². The number of rotatable bonds is 4. The molecule has 1 aromatic carbocycles. The van der Waals surface area contributed by atoms with Crippen molar-refractivity contribution in [1.29, 1.82) is 0 Å². The summed E-state index contributed by atoms with van der Waals surface area (Å²) in [5, 5.41) is 3.41. The summed E-state index contributed by atoms with van der Waals surface area (Å²) in [6, 6.07) is 9.13. The monoisotopic (exact) mass is 359 g/mol. The molecule has 4 rings (SSSR count). The first kappa shape index (κ1) is 16.2. The molecule has 1 N–H and O–H groups in total. The third-order valence-corrected chi connectivity index (χ3v) is 6.31. The first-order chi connectivity index (χ1) is 12.1. The molecule has 3 heterocycles. The van der Waals surface area contributed by atoms with Crippen molar-refractivity contribution in [3.8, 4) is 0 Å². The van der Waals surface area contributed by atoms with Crippen molar-refractivity contribution in [1.82, 2.24) is 14.3 Å². The van der Waals surface area contributed by atoms with E-state index in [0.29, 0.717) is 23.5 Å². The minimum absolute atomic E-state index is 0.317. The van der Waals surface area contributed by atoms with Crippen molar-refractivity contribution in [2.24, 2.45) is 0 Å². The first-order valence-electron chi connectivity index (χ1n) is 8.26. The van der Waals surface area contributed by atoms with Crippen molar-refractivity contribution in [3.05, 3.63) is 60.2 Å². The maximum atomic E-state index is 14.1. The number of aromatic nitrogens is 2. The minimum atomic E-state index is -4.03. The topological polar surface area (TPSA) is 64.0 Å². The van der Waals surface area contributed by atoms with E-state index in [1.54, 1.807) is 24.5 Å². The van der Waals surface area contributed by atoms with E-state index < -0.39 is 15.8 Å². The van der Waals surface area contributed by atoms with E-state index in [1.165, 1.54) is 18.2 Å². The molecule has 0 unspecified atom stereocenters. The summed E-state index contributed by atoms with van der Waals surface area (Å²) >= 11 is 0. The third kappa shape index (κ3) is 2.83. The van der Waals surface area contributed by atoms with Crippen LogP contribution in [0.3, 0.4) is 0 Å². The van der Waals surface area contributed by atoms with Gasteiger partial charge in [0.1, 0.15) is 10.7 Å². The van der Waals surface area contributed by atoms with E-state index in [-0.39, 0.29) is 4.90 Å². The van der Waals surface area contributed by atoms with E-state index in [1.807, 2.05) is 0 Å². The van der Waals surface area contributed by atoms with E-state index in [0.717, 1.165) is 35.0 Å². The minimum Gasteiger partial charge on any atom is -0.314 e. The van der Waals surface area contributed by atoms with Crippen LogP contribution in [0.25, 0.3) is 11.0 Å². The quantitative estimate of drug-likeness (QED) is 0.778. The van der Waals surface area contributed by atoms with Gasteiger partial charge in [0.2, 0.25) is 0 Å². The Morgan fingerprint density at radius 2 is 2.08 bits per heavy atom. The van der Waals surface area contributed by atoms with Gasteiger partial charge < -0.3 is 5.32 Å². The van der Waals surface area contributed by atoms with Crippen LogP contribution < -0.4 is 5.32 Å². The summed E-state index contributed by atoms with van der Waals surface area (Å²) in [5.41, 5.74) is 1.98. The highest BCUT2D eigenvalue weighted by Crippen LogP contribution is 2.27. The molecule has 0 aliphatic carbocycles. The average molecular weight is 359 g/mol. The summed E-state index contributed by atoms with van der Waals surface area (Å²) in [5.74, 6) is -0.757. The molecule has 0 saturated carbocycles. The highest BCUT2D eigenvalue weighted by Gasteiger charge is 2.26. The Kier molecular flexibility index (Phi) is 4.05. The second kappa shape index (κ2) is 6.24. The zero-order valence-corrected chi connectivity index (χ0v) is 14.3. The zero-order valence-electron chi connectivity index (χ0n) is 13.5. The van der Waals surface area contributed by atoms with E-state index in [4.69, 9.17) is 0 Å². The van der Waals surface area contributed by atoms with Crippen LogP contribution in [0.5, 0.6) is 0 Å². The van der Waals surface area contributed by atoms with Crippen LogP contribution in [0, 0.1) is 5.82 Å². The Balaban J connectivity index is 1.86. The summed E-state index contributed by atoms with van der Waals surface area (Å²) in [6.45, 7) is 0.976. The molecule has 130 valence electrons. The lowest BCUT2D eigenvalue weighted by Crippen LogP contribution is -2.23. The van der Waals surface area contributed by atoms with Gasteiger partial charge in [0.05, 0.1) is 11.0 Å². The highest BCUT2D eigenvalue weighted by molar-refractivity contribution is 7.90. The Morgan fingerprint density at radius 1 is 1.24 bits per heavy atom. The van der Waals surface area contributed by atoms with Crippen LogP contribution in [0.15, 0.2) is 53.7 Å². The first-order valence-corrected chi connectivity index (χ1v) is 9.70. The van der Waals surface area contributed by atoms with Crippen molar-refractivity contribution in [2.45, 2.75) is 30.2 Å². The fourth-order valence-corrected chi connectivity index (χ4v) is 4.85. The predicted molar refractivity (Wildman–Crippen MR) is 93.4 cm³/mol. The smallest absolute Gasteiger partial charge is 0.271 e. The van der Waals surface area contributed by atoms with Gasteiger partial charge in [0.15, 0.2) is 0 Å². The molecular formula is C18H18FN3O2S. The summed E-state index contributed by atoms with van der Waals surface area (Å²) < 4.78 is 41.2. The number of hydrogen-bond donors (Lipinski definition) is 1. The number of benzene rings is 1. The number of nitrogens with one attached hydrogen (secondary N) is 1. The second-order valence-electron chi connectivity index (χ2n) is 6.25. The van der Waals surface area contributed by atoms with Gasteiger partial charge in [-0.1, -0.05) is 12.1 Å². The van der Waals surface area contributed by atoms with Gasteiger partial charge in [-0.15, -0.1) is 0 Å². The Hall–Kier alpha value is -2.25. The SMILES string of the molecule is O=S(=O)(c1ccccc1F)n1cc(C[C@H]2CCCN2)c2ncccc21. The second-order valence-corrected chi connectivity index (χ2v) is 8.04. The van der Waals surface area contributed by atoms with Crippen molar-refractivity contribution in [3.63, 3.8) is 0 Å².